The number of primary amides is 1. The lowest BCUT2D eigenvalue weighted by molar-refractivity contribution is 0.0890. The number of allylic oxidation sites excluding steroid dienone is 2. The number of benzene rings is 2. The maximum absolute atomic E-state index is 13.0. The highest BCUT2D eigenvalue weighted by molar-refractivity contribution is 7.87. The Labute approximate surface area is 197 Å². The Balaban J connectivity index is 2.14. The summed E-state index contributed by atoms with van der Waals surface area (Å²) in [6, 6.07) is 12.4. The number of para-hydroxylation sites is 1. The van der Waals surface area contributed by atoms with E-state index in [-0.39, 0.29) is 27.7 Å². The number of carbonyl (C=O) groups is 2. The summed E-state index contributed by atoms with van der Waals surface area (Å²) in [6.45, 7) is 5.08. The number of methoxy groups -OCH3 is 1. The monoisotopic (exact) mass is 488 g/mol. The molecule has 0 saturated heterocycles. The summed E-state index contributed by atoms with van der Waals surface area (Å²) < 4.78 is 46.6. The second-order valence-electron chi connectivity index (χ2n) is 7.40. The maximum atomic E-state index is 13.0. The fourth-order valence-corrected chi connectivity index (χ4v) is 4.37. The lowest BCUT2D eigenvalue weighted by atomic mass is 9.90. The third kappa shape index (κ3) is 5.31. The topological polar surface area (TPSA) is 143 Å². The third-order valence-electron chi connectivity index (χ3n) is 4.95. The number of nitrogens with two attached hydrogens (primary N) is 1. The van der Waals surface area contributed by atoms with Gasteiger partial charge in [-0.25, -0.2) is 9.59 Å². The highest BCUT2D eigenvalue weighted by atomic mass is 32.2. The molecule has 3 N–H and O–H groups in total. The van der Waals surface area contributed by atoms with Gasteiger partial charge < -0.3 is 29.4 Å². The third-order valence-corrected chi connectivity index (χ3v) is 6.20. The largest absolute Gasteiger partial charge is 0.513 e. The minimum Gasteiger partial charge on any atom is -0.437 e. The number of hydrogen-bond acceptors (Lipinski definition) is 9. The van der Waals surface area contributed by atoms with E-state index in [2.05, 4.69) is 10.1 Å². The van der Waals surface area contributed by atoms with Crippen molar-refractivity contribution in [1.29, 1.82) is 0 Å². The Morgan fingerprint density at radius 3 is 2.09 bits per heavy atom. The van der Waals surface area contributed by atoms with Crippen molar-refractivity contribution in [3.8, 4) is 5.75 Å². The fourth-order valence-electron chi connectivity index (χ4n) is 3.42. The van der Waals surface area contributed by atoms with Gasteiger partial charge in [0.05, 0.1) is 18.5 Å². The molecule has 1 aliphatic rings. The molecule has 11 heteroatoms. The van der Waals surface area contributed by atoms with Gasteiger partial charge in [-0.2, -0.15) is 8.42 Å². The van der Waals surface area contributed by atoms with Gasteiger partial charge in [0.2, 0.25) is 0 Å². The van der Waals surface area contributed by atoms with Gasteiger partial charge in [-0.3, -0.25) is 0 Å². The van der Waals surface area contributed by atoms with E-state index in [0.717, 1.165) is 12.7 Å². The van der Waals surface area contributed by atoms with Crippen molar-refractivity contribution < 1.29 is 36.4 Å². The van der Waals surface area contributed by atoms with E-state index in [0.29, 0.717) is 11.4 Å². The normalized spacial score (nSPS) is 15.9. The van der Waals surface area contributed by atoms with E-state index < -0.39 is 28.3 Å². The Morgan fingerprint density at radius 2 is 1.50 bits per heavy atom. The summed E-state index contributed by atoms with van der Waals surface area (Å²) in [4.78, 5) is 23.6. The number of carbonyl (C=O) groups excluding carboxylic acids is 2. The molecular weight excluding hydrogens is 464 g/mol. The second kappa shape index (κ2) is 9.87. The van der Waals surface area contributed by atoms with Crippen LogP contribution in [0.5, 0.6) is 5.75 Å². The average Bonchev–Trinajstić information content (AvgIpc) is 2.77. The summed E-state index contributed by atoms with van der Waals surface area (Å²) in [5.74, 6) is -1.11. The molecule has 0 bridgehead atoms. The zero-order valence-corrected chi connectivity index (χ0v) is 19.8. The van der Waals surface area contributed by atoms with Gasteiger partial charge in [0.25, 0.3) is 0 Å². The van der Waals surface area contributed by atoms with Crippen LogP contribution in [0.15, 0.2) is 76.3 Å². The molecule has 0 aliphatic carbocycles. The zero-order valence-electron chi connectivity index (χ0n) is 18.9. The van der Waals surface area contributed by atoms with Crippen LogP contribution in [-0.4, -0.2) is 27.8 Å². The van der Waals surface area contributed by atoms with Crippen molar-refractivity contribution in [3.63, 3.8) is 0 Å². The van der Waals surface area contributed by atoms with Gasteiger partial charge in [-0.05, 0) is 39.0 Å². The van der Waals surface area contributed by atoms with Gasteiger partial charge in [0.1, 0.15) is 28.1 Å². The molecule has 1 atom stereocenters. The summed E-state index contributed by atoms with van der Waals surface area (Å²) in [5.41, 5.74) is 7.19. The van der Waals surface area contributed by atoms with Crippen molar-refractivity contribution >= 4 is 22.4 Å². The summed E-state index contributed by atoms with van der Waals surface area (Å²) in [6.07, 6.45) is -2.13. The number of amides is 1. The van der Waals surface area contributed by atoms with Gasteiger partial charge in [-0.15, -0.1) is 0 Å². The van der Waals surface area contributed by atoms with Crippen LogP contribution < -0.4 is 15.2 Å². The SMILES string of the molecule is COC(=O)OC1=C(C)NC(C)=C(OC(N)=O)C1c1ccccc1OS(=O)(=O)c1ccc(C)cc1. The molecule has 180 valence electrons. The van der Waals surface area contributed by atoms with Crippen molar-refractivity contribution in [1.82, 2.24) is 5.32 Å². The standard InChI is InChI=1S/C23H24N2O8S/c1-13-9-11-16(12-10-13)34(28,29)33-18-8-6-5-7-17(18)19-20(31-22(24)26)14(2)25-15(3)21(19)32-23(27)30-4/h5-12,19,25H,1-4H3,(H2,24,26). The van der Waals surface area contributed by atoms with Crippen LogP contribution in [0.3, 0.4) is 0 Å². The minimum absolute atomic E-state index is 0.000729. The summed E-state index contributed by atoms with van der Waals surface area (Å²) in [5, 5.41) is 2.95. The van der Waals surface area contributed by atoms with Crippen molar-refractivity contribution in [2.75, 3.05) is 7.11 Å². The minimum atomic E-state index is -4.22. The number of hydrogen-bond donors (Lipinski definition) is 2. The number of dihydropyridines is 1. The predicted octanol–water partition coefficient (Wildman–Crippen LogP) is 3.79. The van der Waals surface area contributed by atoms with Crippen LogP contribution in [0.4, 0.5) is 9.59 Å². The lowest BCUT2D eigenvalue weighted by Gasteiger charge is -2.30. The Morgan fingerprint density at radius 1 is 0.912 bits per heavy atom. The van der Waals surface area contributed by atoms with Crippen LogP contribution in [-0.2, 0) is 24.3 Å². The molecule has 1 aliphatic heterocycles. The molecule has 1 amide bonds. The molecule has 2 aromatic carbocycles. The van der Waals surface area contributed by atoms with Gasteiger partial charge >= 0.3 is 22.4 Å². The van der Waals surface area contributed by atoms with Crippen LogP contribution in [0.25, 0.3) is 0 Å². The van der Waals surface area contributed by atoms with E-state index in [9.17, 15) is 18.0 Å². The Hall–Kier alpha value is -3.99. The first-order valence-electron chi connectivity index (χ1n) is 10.0. The van der Waals surface area contributed by atoms with E-state index in [4.69, 9.17) is 19.4 Å². The number of ether oxygens (including phenoxy) is 3. The fraction of sp³-hybridized carbons (Fsp3) is 0.217. The molecule has 0 radical (unpaired) electrons. The van der Waals surface area contributed by atoms with E-state index >= 15 is 0 Å². The first-order chi connectivity index (χ1) is 16.0. The van der Waals surface area contributed by atoms with Gasteiger partial charge in [-0.1, -0.05) is 35.9 Å². The van der Waals surface area contributed by atoms with E-state index in [1.165, 1.54) is 18.2 Å². The van der Waals surface area contributed by atoms with Gasteiger partial charge in [0, 0.05) is 5.56 Å². The Bertz CT molecular complexity index is 1280. The van der Waals surface area contributed by atoms with Gasteiger partial charge in [0.15, 0.2) is 0 Å². The molecule has 1 heterocycles. The van der Waals surface area contributed by atoms with Crippen LogP contribution in [0.2, 0.25) is 0 Å². The predicted molar refractivity (Wildman–Crippen MR) is 121 cm³/mol. The molecular formula is C23H24N2O8S. The molecule has 0 aromatic heterocycles. The summed E-state index contributed by atoms with van der Waals surface area (Å²) >= 11 is 0. The van der Waals surface area contributed by atoms with Crippen molar-refractivity contribution in [2.24, 2.45) is 5.73 Å². The van der Waals surface area contributed by atoms with Crippen LogP contribution >= 0.6 is 0 Å². The lowest BCUT2D eigenvalue weighted by Crippen LogP contribution is -2.30. The zero-order chi connectivity index (χ0) is 25.0. The maximum Gasteiger partial charge on any atom is 0.513 e. The number of nitrogens with one attached hydrogen (secondary N) is 1. The highest BCUT2D eigenvalue weighted by Gasteiger charge is 2.37. The second-order valence-corrected chi connectivity index (χ2v) is 8.95. The molecule has 34 heavy (non-hydrogen) atoms. The number of rotatable bonds is 6. The summed E-state index contributed by atoms with van der Waals surface area (Å²) in [7, 11) is -3.08. The molecule has 10 nitrogen and oxygen atoms in total. The van der Waals surface area contributed by atoms with E-state index in [1.54, 1.807) is 44.2 Å². The molecule has 2 aromatic rings. The Kier molecular flexibility index (Phi) is 7.16. The van der Waals surface area contributed by atoms with Crippen molar-refractivity contribution in [3.05, 3.63) is 82.6 Å². The number of aryl methyl sites for hydroxylation is 1. The molecule has 1 unspecified atom stereocenters. The highest BCUT2D eigenvalue weighted by Crippen LogP contribution is 2.43. The molecule has 0 spiro atoms. The first kappa shape index (κ1) is 24.6. The first-order valence-corrected chi connectivity index (χ1v) is 11.5. The molecule has 3 rings (SSSR count). The van der Waals surface area contributed by atoms with Crippen molar-refractivity contribution in [2.45, 2.75) is 31.6 Å². The van der Waals surface area contributed by atoms with E-state index in [1.807, 2.05) is 6.92 Å². The molecule has 0 saturated carbocycles. The molecule has 0 fully saturated rings. The van der Waals surface area contributed by atoms with Crippen LogP contribution in [0.1, 0.15) is 30.9 Å². The average molecular weight is 489 g/mol. The smallest absolute Gasteiger partial charge is 0.437 e. The van der Waals surface area contributed by atoms with Crippen LogP contribution in [0, 0.1) is 6.92 Å². The quantitative estimate of drug-likeness (QED) is 0.458.